The van der Waals surface area contributed by atoms with E-state index in [4.69, 9.17) is 4.74 Å². The molecule has 0 saturated carbocycles. The van der Waals surface area contributed by atoms with Gasteiger partial charge in [-0.25, -0.2) is 4.79 Å². The molecule has 19 heavy (non-hydrogen) atoms. The molecule has 2 saturated heterocycles. The Kier molecular flexibility index (Phi) is 4.36. The van der Waals surface area contributed by atoms with Crippen molar-refractivity contribution in [3.63, 3.8) is 0 Å². The number of esters is 1. The number of rotatable bonds is 3. The first-order valence-electron chi connectivity index (χ1n) is 6.61. The molecule has 0 spiro atoms. The number of hydrogen-bond acceptors (Lipinski definition) is 4. The molecule has 7 nitrogen and oxygen atoms in total. The SMILES string of the molecule is COC(=O)C1CC[NH+](CC(=O)N2CCNC2=O)CC1. The Balaban J connectivity index is 1.78. The highest BCUT2D eigenvalue weighted by Gasteiger charge is 2.32. The second-order valence-electron chi connectivity index (χ2n) is 5.00. The minimum Gasteiger partial charge on any atom is -0.469 e. The van der Waals surface area contributed by atoms with E-state index in [9.17, 15) is 14.4 Å². The molecule has 0 aromatic heterocycles. The first kappa shape index (κ1) is 13.8. The molecule has 0 radical (unpaired) electrons. The van der Waals surface area contributed by atoms with E-state index in [2.05, 4.69) is 5.32 Å². The van der Waals surface area contributed by atoms with E-state index in [1.54, 1.807) is 0 Å². The zero-order valence-corrected chi connectivity index (χ0v) is 11.1. The summed E-state index contributed by atoms with van der Waals surface area (Å²) in [6.07, 6.45) is 1.48. The number of nitrogens with one attached hydrogen (secondary N) is 2. The van der Waals surface area contributed by atoms with Crippen LogP contribution in [-0.4, -0.2) is 62.6 Å². The molecule has 0 bridgehead atoms. The van der Waals surface area contributed by atoms with Gasteiger partial charge in [0, 0.05) is 25.9 Å². The summed E-state index contributed by atoms with van der Waals surface area (Å²) in [7, 11) is 1.40. The van der Waals surface area contributed by atoms with Crippen LogP contribution in [0.15, 0.2) is 0 Å². The number of ether oxygens (including phenoxy) is 1. The minimum absolute atomic E-state index is 0.0427. The fraction of sp³-hybridized carbons (Fsp3) is 0.750. The van der Waals surface area contributed by atoms with Gasteiger partial charge in [0.15, 0.2) is 6.54 Å². The van der Waals surface area contributed by atoms with Crippen molar-refractivity contribution in [2.75, 3.05) is 39.8 Å². The number of urea groups is 1. The van der Waals surface area contributed by atoms with E-state index in [0.717, 1.165) is 30.8 Å². The Hall–Kier alpha value is -1.63. The van der Waals surface area contributed by atoms with Crippen molar-refractivity contribution in [1.29, 1.82) is 0 Å². The molecule has 0 aromatic carbocycles. The van der Waals surface area contributed by atoms with Gasteiger partial charge in [-0.1, -0.05) is 0 Å². The molecular weight excluding hydrogens is 250 g/mol. The van der Waals surface area contributed by atoms with Gasteiger partial charge in [0.1, 0.15) is 0 Å². The highest BCUT2D eigenvalue weighted by molar-refractivity contribution is 5.96. The van der Waals surface area contributed by atoms with Crippen molar-refractivity contribution < 1.29 is 24.0 Å². The predicted molar refractivity (Wildman–Crippen MR) is 65.4 cm³/mol. The Morgan fingerprint density at radius 2 is 2.11 bits per heavy atom. The average Bonchev–Trinajstić information content (AvgIpc) is 2.85. The molecule has 106 valence electrons. The van der Waals surface area contributed by atoms with Crippen LogP contribution in [0.4, 0.5) is 4.79 Å². The minimum atomic E-state index is -0.297. The summed E-state index contributed by atoms with van der Waals surface area (Å²) < 4.78 is 4.73. The summed E-state index contributed by atoms with van der Waals surface area (Å²) in [6, 6.07) is -0.297. The van der Waals surface area contributed by atoms with Crippen LogP contribution in [0.3, 0.4) is 0 Å². The Labute approximate surface area is 111 Å². The summed E-state index contributed by atoms with van der Waals surface area (Å²) in [5.74, 6) is -0.343. The lowest BCUT2D eigenvalue weighted by Gasteiger charge is -2.28. The van der Waals surface area contributed by atoms with E-state index in [0.29, 0.717) is 19.6 Å². The molecule has 3 amide bonds. The van der Waals surface area contributed by atoms with Gasteiger partial charge < -0.3 is 15.0 Å². The monoisotopic (exact) mass is 270 g/mol. The van der Waals surface area contributed by atoms with Crippen molar-refractivity contribution in [3.8, 4) is 0 Å². The van der Waals surface area contributed by atoms with Gasteiger partial charge in [0.2, 0.25) is 0 Å². The van der Waals surface area contributed by atoms with Gasteiger partial charge in [0.05, 0.1) is 26.1 Å². The van der Waals surface area contributed by atoms with Crippen molar-refractivity contribution in [1.82, 2.24) is 10.2 Å². The molecule has 2 N–H and O–H groups in total. The Bertz CT molecular complexity index is 377. The van der Waals surface area contributed by atoms with Crippen LogP contribution in [0, 0.1) is 5.92 Å². The number of quaternary nitrogens is 1. The molecule has 0 aliphatic carbocycles. The maximum Gasteiger partial charge on any atom is 0.324 e. The highest BCUT2D eigenvalue weighted by Crippen LogP contribution is 2.10. The summed E-state index contributed by atoms with van der Waals surface area (Å²) in [5.41, 5.74) is 0. The van der Waals surface area contributed by atoms with E-state index in [-0.39, 0.29) is 23.8 Å². The summed E-state index contributed by atoms with van der Waals surface area (Å²) in [6.45, 7) is 2.84. The zero-order valence-electron chi connectivity index (χ0n) is 11.1. The number of imide groups is 1. The third kappa shape index (κ3) is 3.23. The van der Waals surface area contributed by atoms with Gasteiger partial charge in [0.25, 0.3) is 5.91 Å². The zero-order chi connectivity index (χ0) is 13.8. The predicted octanol–water partition coefficient (Wildman–Crippen LogP) is -1.99. The average molecular weight is 270 g/mol. The Morgan fingerprint density at radius 1 is 1.42 bits per heavy atom. The lowest BCUT2D eigenvalue weighted by atomic mass is 9.97. The topological polar surface area (TPSA) is 80.2 Å². The molecule has 2 rings (SSSR count). The standard InChI is InChI=1S/C12H19N3O4/c1-19-11(17)9-2-5-14(6-3-9)8-10(16)15-7-4-13-12(15)18/h9H,2-8H2,1H3,(H,13,18)/p+1. The molecular formula is C12H20N3O4+. The van der Waals surface area contributed by atoms with Gasteiger partial charge in [-0.3, -0.25) is 14.5 Å². The van der Waals surface area contributed by atoms with Crippen LogP contribution in [0.25, 0.3) is 0 Å². The maximum atomic E-state index is 11.9. The Morgan fingerprint density at radius 3 is 2.63 bits per heavy atom. The fourth-order valence-electron chi connectivity index (χ4n) is 2.62. The van der Waals surface area contributed by atoms with Crippen LogP contribution in [-0.2, 0) is 14.3 Å². The first-order valence-corrected chi connectivity index (χ1v) is 6.61. The molecule has 2 heterocycles. The number of piperidine rings is 1. The third-order valence-corrected chi connectivity index (χ3v) is 3.79. The number of carbonyl (C=O) groups is 3. The number of nitrogens with zero attached hydrogens (tertiary/aromatic N) is 1. The van der Waals surface area contributed by atoms with Crippen molar-refractivity contribution in [2.45, 2.75) is 12.8 Å². The second kappa shape index (κ2) is 6.01. The van der Waals surface area contributed by atoms with Crippen LogP contribution >= 0.6 is 0 Å². The fourth-order valence-corrected chi connectivity index (χ4v) is 2.62. The summed E-state index contributed by atoms with van der Waals surface area (Å²) in [4.78, 5) is 37.1. The smallest absolute Gasteiger partial charge is 0.324 e. The molecule has 2 fully saturated rings. The number of carbonyl (C=O) groups excluding carboxylic acids is 3. The summed E-state index contributed by atoms with van der Waals surface area (Å²) >= 11 is 0. The third-order valence-electron chi connectivity index (χ3n) is 3.79. The molecule has 0 unspecified atom stereocenters. The molecule has 0 aromatic rings. The summed E-state index contributed by atoms with van der Waals surface area (Å²) in [5, 5.41) is 2.61. The van der Waals surface area contributed by atoms with Crippen LogP contribution < -0.4 is 10.2 Å². The lowest BCUT2D eigenvalue weighted by Crippen LogP contribution is -3.14. The van der Waals surface area contributed by atoms with Gasteiger partial charge in [-0.05, 0) is 0 Å². The molecule has 2 aliphatic rings. The normalized spacial score (nSPS) is 27.0. The van der Waals surface area contributed by atoms with Gasteiger partial charge in [-0.15, -0.1) is 0 Å². The molecule has 7 heteroatoms. The van der Waals surface area contributed by atoms with E-state index in [1.165, 1.54) is 12.0 Å². The number of hydrogen-bond donors (Lipinski definition) is 2. The first-order chi connectivity index (χ1) is 9.11. The maximum absolute atomic E-state index is 11.9. The van der Waals surface area contributed by atoms with E-state index >= 15 is 0 Å². The molecule has 0 atom stereocenters. The number of methoxy groups -OCH3 is 1. The van der Waals surface area contributed by atoms with Crippen LogP contribution in [0.2, 0.25) is 0 Å². The van der Waals surface area contributed by atoms with E-state index < -0.39 is 0 Å². The van der Waals surface area contributed by atoms with Crippen LogP contribution in [0.1, 0.15) is 12.8 Å². The molecule has 2 aliphatic heterocycles. The van der Waals surface area contributed by atoms with Crippen LogP contribution in [0.5, 0.6) is 0 Å². The van der Waals surface area contributed by atoms with E-state index in [1.807, 2.05) is 0 Å². The van der Waals surface area contributed by atoms with Crippen molar-refractivity contribution in [3.05, 3.63) is 0 Å². The number of likely N-dealkylation sites (tertiary alicyclic amines) is 1. The largest absolute Gasteiger partial charge is 0.469 e. The lowest BCUT2D eigenvalue weighted by molar-refractivity contribution is -0.898. The second-order valence-corrected chi connectivity index (χ2v) is 5.00. The van der Waals surface area contributed by atoms with Gasteiger partial charge >= 0.3 is 12.0 Å². The van der Waals surface area contributed by atoms with Crippen molar-refractivity contribution >= 4 is 17.9 Å². The number of amides is 3. The quantitative estimate of drug-likeness (QED) is 0.582. The highest BCUT2D eigenvalue weighted by atomic mass is 16.5. The van der Waals surface area contributed by atoms with Crippen molar-refractivity contribution in [2.24, 2.45) is 5.92 Å². The van der Waals surface area contributed by atoms with Gasteiger partial charge in [-0.2, -0.15) is 0 Å².